The van der Waals surface area contributed by atoms with E-state index in [1.165, 1.54) is 7.11 Å². The second-order valence-electron chi connectivity index (χ2n) is 6.43. The van der Waals surface area contributed by atoms with Gasteiger partial charge in [0.05, 0.1) is 18.2 Å². The van der Waals surface area contributed by atoms with Crippen LogP contribution in [0.3, 0.4) is 0 Å². The van der Waals surface area contributed by atoms with Gasteiger partial charge in [-0.05, 0) is 43.2 Å². The third-order valence-electron chi connectivity index (χ3n) is 4.47. The molecule has 0 aliphatic carbocycles. The number of cyclic esters (lactones) is 1. The van der Waals surface area contributed by atoms with Crippen molar-refractivity contribution in [2.24, 2.45) is 0 Å². The van der Waals surface area contributed by atoms with Crippen molar-refractivity contribution in [3.8, 4) is 0 Å². The summed E-state index contributed by atoms with van der Waals surface area (Å²) in [7, 11) is 1.29. The molecule has 0 saturated heterocycles. The zero-order valence-corrected chi connectivity index (χ0v) is 14.8. The van der Waals surface area contributed by atoms with Gasteiger partial charge in [-0.2, -0.15) is 0 Å². The van der Waals surface area contributed by atoms with Crippen molar-refractivity contribution in [3.63, 3.8) is 0 Å². The maximum atomic E-state index is 12.8. The standard InChI is InChI=1S/C20H19NO5/c1-12-8-9-13(17(22)25-3)10-16(12)21-19(24)20(2)11-14-6-4-5-7-15(14)18(23)26-20/h4-10H,11H2,1-3H3,(H,21,24). The van der Waals surface area contributed by atoms with E-state index in [1.807, 2.05) is 12.1 Å². The van der Waals surface area contributed by atoms with Gasteiger partial charge >= 0.3 is 11.9 Å². The Bertz CT molecular complexity index is 905. The number of nitrogens with one attached hydrogen (secondary N) is 1. The van der Waals surface area contributed by atoms with Crippen molar-refractivity contribution in [1.82, 2.24) is 0 Å². The fraction of sp³-hybridized carbons (Fsp3) is 0.250. The molecule has 6 nitrogen and oxygen atoms in total. The molecule has 0 radical (unpaired) electrons. The van der Waals surface area contributed by atoms with Gasteiger partial charge < -0.3 is 14.8 Å². The average molecular weight is 353 g/mol. The Labute approximate surface area is 151 Å². The lowest BCUT2D eigenvalue weighted by Crippen LogP contribution is -2.49. The van der Waals surface area contributed by atoms with Gasteiger partial charge in [0, 0.05) is 12.1 Å². The van der Waals surface area contributed by atoms with Gasteiger partial charge in [0.2, 0.25) is 0 Å². The Kier molecular flexibility index (Phi) is 4.50. The van der Waals surface area contributed by atoms with Gasteiger partial charge in [0.1, 0.15) is 0 Å². The topological polar surface area (TPSA) is 81.7 Å². The van der Waals surface area contributed by atoms with E-state index in [0.29, 0.717) is 16.8 Å². The Morgan fingerprint density at radius 1 is 1.19 bits per heavy atom. The van der Waals surface area contributed by atoms with Crippen LogP contribution < -0.4 is 5.32 Å². The van der Waals surface area contributed by atoms with Crippen molar-refractivity contribution < 1.29 is 23.9 Å². The van der Waals surface area contributed by atoms with Crippen LogP contribution in [0.25, 0.3) is 0 Å². The molecule has 1 aliphatic heterocycles. The number of esters is 2. The molecule has 1 N–H and O–H groups in total. The third kappa shape index (κ3) is 3.18. The molecule has 0 fully saturated rings. The van der Waals surface area contributed by atoms with Crippen LogP contribution in [0.4, 0.5) is 5.69 Å². The summed E-state index contributed by atoms with van der Waals surface area (Å²) < 4.78 is 10.1. The third-order valence-corrected chi connectivity index (χ3v) is 4.47. The molecule has 1 unspecified atom stereocenters. The van der Waals surface area contributed by atoms with Crippen LogP contribution in [0.2, 0.25) is 0 Å². The highest BCUT2D eigenvalue weighted by Gasteiger charge is 2.42. The smallest absolute Gasteiger partial charge is 0.339 e. The molecule has 3 rings (SSSR count). The summed E-state index contributed by atoms with van der Waals surface area (Å²) in [4.78, 5) is 36.8. The molecule has 6 heteroatoms. The van der Waals surface area contributed by atoms with E-state index in [4.69, 9.17) is 9.47 Å². The number of hydrogen-bond acceptors (Lipinski definition) is 5. The van der Waals surface area contributed by atoms with Gasteiger partial charge in [0.15, 0.2) is 5.60 Å². The van der Waals surface area contributed by atoms with Gasteiger partial charge in [0.25, 0.3) is 5.91 Å². The van der Waals surface area contributed by atoms with Gasteiger partial charge in [-0.15, -0.1) is 0 Å². The molecule has 26 heavy (non-hydrogen) atoms. The van der Waals surface area contributed by atoms with Crippen LogP contribution >= 0.6 is 0 Å². The molecule has 1 aliphatic rings. The second-order valence-corrected chi connectivity index (χ2v) is 6.43. The van der Waals surface area contributed by atoms with Crippen molar-refractivity contribution in [2.45, 2.75) is 25.9 Å². The number of aryl methyl sites for hydroxylation is 1. The maximum absolute atomic E-state index is 12.8. The number of carbonyl (C=O) groups excluding carboxylic acids is 3. The van der Waals surface area contributed by atoms with Crippen molar-refractivity contribution in [3.05, 3.63) is 64.7 Å². The van der Waals surface area contributed by atoms with Gasteiger partial charge in [-0.3, -0.25) is 4.79 Å². The largest absolute Gasteiger partial charge is 0.465 e. The summed E-state index contributed by atoms with van der Waals surface area (Å²) in [5.41, 5.74) is 1.47. The predicted octanol–water partition coefficient (Wildman–Crippen LogP) is 2.89. The van der Waals surface area contributed by atoms with Crippen molar-refractivity contribution in [1.29, 1.82) is 0 Å². The Morgan fingerprint density at radius 3 is 2.65 bits per heavy atom. The molecule has 0 bridgehead atoms. The number of carbonyl (C=O) groups is 3. The summed E-state index contributed by atoms with van der Waals surface area (Å²) in [5, 5.41) is 2.77. The number of rotatable bonds is 3. The first kappa shape index (κ1) is 17.7. The zero-order chi connectivity index (χ0) is 18.9. The van der Waals surface area contributed by atoms with E-state index in [2.05, 4.69) is 5.32 Å². The molecule has 0 spiro atoms. The zero-order valence-electron chi connectivity index (χ0n) is 14.8. The van der Waals surface area contributed by atoms with E-state index in [1.54, 1.807) is 44.2 Å². The van der Waals surface area contributed by atoms with E-state index in [0.717, 1.165) is 11.1 Å². The van der Waals surface area contributed by atoms with Crippen LogP contribution in [0, 0.1) is 6.92 Å². The highest BCUT2D eigenvalue weighted by atomic mass is 16.6. The molecule has 0 saturated carbocycles. The summed E-state index contributed by atoms with van der Waals surface area (Å²) in [5.74, 6) is -1.47. The lowest BCUT2D eigenvalue weighted by molar-refractivity contribution is -0.134. The number of benzene rings is 2. The molecule has 2 aromatic carbocycles. The molecule has 1 heterocycles. The summed E-state index contributed by atoms with van der Waals surface area (Å²) >= 11 is 0. The number of ether oxygens (including phenoxy) is 2. The highest BCUT2D eigenvalue weighted by molar-refractivity contribution is 6.03. The van der Waals surface area contributed by atoms with E-state index in [9.17, 15) is 14.4 Å². The van der Waals surface area contributed by atoms with E-state index >= 15 is 0 Å². The van der Waals surface area contributed by atoms with Crippen molar-refractivity contribution >= 4 is 23.5 Å². The quantitative estimate of drug-likeness (QED) is 0.858. The monoisotopic (exact) mass is 353 g/mol. The Balaban J connectivity index is 1.87. The SMILES string of the molecule is COC(=O)c1ccc(C)c(NC(=O)C2(C)Cc3ccccc3C(=O)O2)c1. The summed E-state index contributed by atoms with van der Waals surface area (Å²) in [6.45, 7) is 3.39. The van der Waals surface area contributed by atoms with Crippen LogP contribution in [-0.4, -0.2) is 30.6 Å². The highest BCUT2D eigenvalue weighted by Crippen LogP contribution is 2.30. The number of fused-ring (bicyclic) bond motifs is 1. The first-order valence-corrected chi connectivity index (χ1v) is 8.16. The molecule has 0 aromatic heterocycles. The molecule has 2 aromatic rings. The number of methoxy groups -OCH3 is 1. The first-order valence-electron chi connectivity index (χ1n) is 8.16. The van der Waals surface area contributed by atoms with Crippen LogP contribution in [-0.2, 0) is 20.7 Å². The maximum Gasteiger partial charge on any atom is 0.339 e. The second kappa shape index (κ2) is 6.63. The fourth-order valence-corrected chi connectivity index (χ4v) is 2.92. The van der Waals surface area contributed by atoms with E-state index < -0.39 is 23.4 Å². The fourth-order valence-electron chi connectivity index (χ4n) is 2.92. The molecule has 134 valence electrons. The molecular weight excluding hydrogens is 334 g/mol. The van der Waals surface area contributed by atoms with Gasteiger partial charge in [-0.25, -0.2) is 9.59 Å². The predicted molar refractivity (Wildman–Crippen MR) is 95.1 cm³/mol. The lowest BCUT2D eigenvalue weighted by Gasteiger charge is -2.33. The van der Waals surface area contributed by atoms with Gasteiger partial charge in [-0.1, -0.05) is 24.3 Å². The number of hydrogen-bond donors (Lipinski definition) is 1. The minimum atomic E-state index is -1.33. The van der Waals surface area contributed by atoms with E-state index in [-0.39, 0.29) is 6.42 Å². The first-order chi connectivity index (χ1) is 12.3. The Hall–Kier alpha value is -3.15. The normalized spacial score (nSPS) is 18.5. The van der Waals surface area contributed by atoms with Crippen LogP contribution in [0.5, 0.6) is 0 Å². The summed E-state index contributed by atoms with van der Waals surface area (Å²) in [6.07, 6.45) is 0.274. The number of amides is 1. The minimum absolute atomic E-state index is 0.274. The average Bonchev–Trinajstić information content (AvgIpc) is 2.62. The van der Waals surface area contributed by atoms with Crippen LogP contribution in [0.15, 0.2) is 42.5 Å². The summed E-state index contributed by atoms with van der Waals surface area (Å²) in [6, 6.07) is 11.9. The lowest BCUT2D eigenvalue weighted by atomic mass is 9.89. The molecule has 1 amide bonds. The molecular formula is C20H19NO5. The molecule has 1 atom stereocenters. The van der Waals surface area contributed by atoms with Crippen molar-refractivity contribution in [2.75, 3.05) is 12.4 Å². The number of anilines is 1. The van der Waals surface area contributed by atoms with Crippen LogP contribution in [0.1, 0.15) is 38.8 Å². The minimum Gasteiger partial charge on any atom is -0.465 e. The Morgan fingerprint density at radius 2 is 1.92 bits per heavy atom.